The lowest BCUT2D eigenvalue weighted by atomic mass is 10.1. The number of thioether (sulfide) groups is 1. The first kappa shape index (κ1) is 13.8. The summed E-state index contributed by atoms with van der Waals surface area (Å²) in [6.45, 7) is 0. The molecule has 0 radical (unpaired) electrons. The summed E-state index contributed by atoms with van der Waals surface area (Å²) in [6, 6.07) is 4.60. The van der Waals surface area contributed by atoms with Gasteiger partial charge in [0.1, 0.15) is 0 Å². The molecule has 0 bridgehead atoms. The molecule has 1 amide bonds. The number of hydrogen-bond acceptors (Lipinski definition) is 5. The van der Waals surface area contributed by atoms with Crippen LogP contribution in [-0.2, 0) is 4.79 Å². The van der Waals surface area contributed by atoms with Crippen molar-refractivity contribution in [3.05, 3.63) is 33.8 Å². The SMILES string of the molecule is O=C1CSC(=NN=Cc2cc(C(=O)O)ccc2Br)N1. The molecule has 0 spiro atoms. The Balaban J connectivity index is 2.16. The van der Waals surface area contributed by atoms with E-state index in [0.717, 1.165) is 0 Å². The number of carboxylic acid groups (broad SMARTS) is 1. The highest BCUT2D eigenvalue weighted by Gasteiger charge is 2.15. The van der Waals surface area contributed by atoms with Crippen LogP contribution in [0.2, 0.25) is 0 Å². The molecule has 2 rings (SSSR count). The molecule has 1 heterocycles. The molecule has 1 saturated heterocycles. The molecule has 19 heavy (non-hydrogen) atoms. The van der Waals surface area contributed by atoms with Gasteiger partial charge in [-0.15, -0.1) is 5.10 Å². The topological polar surface area (TPSA) is 91.1 Å². The fourth-order valence-electron chi connectivity index (χ4n) is 1.30. The molecule has 1 fully saturated rings. The van der Waals surface area contributed by atoms with Crippen molar-refractivity contribution in [3.8, 4) is 0 Å². The van der Waals surface area contributed by atoms with Crippen molar-refractivity contribution in [2.45, 2.75) is 0 Å². The molecule has 6 nitrogen and oxygen atoms in total. The molecule has 1 aromatic rings. The number of rotatable bonds is 3. The first-order valence-corrected chi connectivity index (χ1v) is 6.90. The van der Waals surface area contributed by atoms with Gasteiger partial charge in [-0.3, -0.25) is 4.79 Å². The zero-order valence-electron chi connectivity index (χ0n) is 9.46. The van der Waals surface area contributed by atoms with E-state index in [2.05, 4.69) is 31.4 Å². The highest BCUT2D eigenvalue weighted by molar-refractivity contribution is 9.10. The molecular formula is C11H8BrN3O3S. The van der Waals surface area contributed by atoms with Gasteiger partial charge in [0.15, 0.2) is 5.17 Å². The highest BCUT2D eigenvalue weighted by Crippen LogP contribution is 2.17. The maximum atomic E-state index is 10.9. The maximum Gasteiger partial charge on any atom is 0.335 e. The Bertz CT molecular complexity index is 601. The standard InChI is InChI=1S/C11H8BrN3O3S/c12-8-2-1-6(10(17)18)3-7(8)4-13-15-11-14-9(16)5-19-11/h1-4H,5H2,(H,17,18)(H,14,15,16). The zero-order valence-corrected chi connectivity index (χ0v) is 11.9. The molecule has 0 aromatic heterocycles. The summed E-state index contributed by atoms with van der Waals surface area (Å²) in [6.07, 6.45) is 1.43. The quantitative estimate of drug-likeness (QED) is 0.646. The van der Waals surface area contributed by atoms with Crippen LogP contribution < -0.4 is 5.32 Å². The lowest BCUT2D eigenvalue weighted by Gasteiger charge is -1.99. The molecule has 0 atom stereocenters. The van der Waals surface area contributed by atoms with Crippen LogP contribution in [0.15, 0.2) is 32.9 Å². The van der Waals surface area contributed by atoms with Crippen molar-refractivity contribution in [2.75, 3.05) is 5.75 Å². The zero-order chi connectivity index (χ0) is 13.8. The van der Waals surface area contributed by atoms with E-state index in [0.29, 0.717) is 21.0 Å². The predicted octanol–water partition coefficient (Wildman–Crippen LogP) is 1.70. The molecule has 0 unspecified atom stereocenters. The number of amides is 1. The van der Waals surface area contributed by atoms with E-state index in [1.165, 1.54) is 30.1 Å². The van der Waals surface area contributed by atoms with Gasteiger partial charge in [-0.05, 0) is 18.2 Å². The second-order valence-corrected chi connectivity index (χ2v) is 5.35. The van der Waals surface area contributed by atoms with Gasteiger partial charge in [0, 0.05) is 10.0 Å². The third kappa shape index (κ3) is 3.65. The monoisotopic (exact) mass is 341 g/mol. The Morgan fingerprint density at radius 1 is 1.53 bits per heavy atom. The van der Waals surface area contributed by atoms with E-state index < -0.39 is 5.97 Å². The molecule has 0 aliphatic carbocycles. The third-order valence-corrected chi connectivity index (χ3v) is 3.76. The first-order chi connectivity index (χ1) is 9.06. The van der Waals surface area contributed by atoms with E-state index in [4.69, 9.17) is 5.11 Å². The van der Waals surface area contributed by atoms with Crippen LogP contribution >= 0.6 is 27.7 Å². The maximum absolute atomic E-state index is 10.9. The molecule has 1 aliphatic heterocycles. The van der Waals surface area contributed by atoms with E-state index in [1.54, 1.807) is 6.07 Å². The van der Waals surface area contributed by atoms with Crippen molar-refractivity contribution < 1.29 is 14.7 Å². The third-order valence-electron chi connectivity index (χ3n) is 2.17. The Hall–Kier alpha value is -1.67. The first-order valence-electron chi connectivity index (χ1n) is 5.13. The average Bonchev–Trinajstić information content (AvgIpc) is 2.77. The minimum Gasteiger partial charge on any atom is -0.478 e. The summed E-state index contributed by atoms with van der Waals surface area (Å²) in [4.78, 5) is 21.8. The number of carbonyl (C=O) groups excluding carboxylic acids is 1. The van der Waals surface area contributed by atoms with E-state index in [9.17, 15) is 9.59 Å². The Morgan fingerprint density at radius 2 is 2.32 bits per heavy atom. The largest absolute Gasteiger partial charge is 0.478 e. The Morgan fingerprint density at radius 3 is 2.95 bits per heavy atom. The number of hydrogen-bond donors (Lipinski definition) is 2. The van der Waals surface area contributed by atoms with Crippen LogP contribution in [0.3, 0.4) is 0 Å². The number of amidine groups is 1. The minimum atomic E-state index is -1.01. The van der Waals surface area contributed by atoms with E-state index >= 15 is 0 Å². The lowest BCUT2D eigenvalue weighted by molar-refractivity contribution is -0.116. The van der Waals surface area contributed by atoms with Gasteiger partial charge in [0.05, 0.1) is 17.5 Å². The normalized spacial score (nSPS) is 17.1. The predicted molar refractivity (Wildman–Crippen MR) is 76.7 cm³/mol. The van der Waals surface area contributed by atoms with Gasteiger partial charge in [0.25, 0.3) is 0 Å². The van der Waals surface area contributed by atoms with Crippen LogP contribution in [0.25, 0.3) is 0 Å². The summed E-state index contributed by atoms with van der Waals surface area (Å²) < 4.78 is 0.713. The van der Waals surface area contributed by atoms with Gasteiger partial charge in [-0.1, -0.05) is 27.7 Å². The fourth-order valence-corrected chi connectivity index (χ4v) is 2.28. The second-order valence-electron chi connectivity index (χ2n) is 3.53. The number of halogens is 1. The number of benzene rings is 1. The van der Waals surface area contributed by atoms with Gasteiger partial charge in [0.2, 0.25) is 5.91 Å². The van der Waals surface area contributed by atoms with Gasteiger partial charge < -0.3 is 10.4 Å². The molecule has 8 heteroatoms. The van der Waals surface area contributed by atoms with E-state index in [-0.39, 0.29) is 11.5 Å². The number of nitrogens with zero attached hydrogens (tertiary/aromatic N) is 2. The number of nitrogens with one attached hydrogen (secondary N) is 1. The summed E-state index contributed by atoms with van der Waals surface area (Å²) >= 11 is 4.56. The molecular weight excluding hydrogens is 334 g/mol. The van der Waals surface area contributed by atoms with Crippen molar-refractivity contribution >= 4 is 51.0 Å². The summed E-state index contributed by atoms with van der Waals surface area (Å²) in [5.74, 6) is -0.771. The fraction of sp³-hybridized carbons (Fsp3) is 0.0909. The van der Waals surface area contributed by atoms with Crippen LogP contribution in [0.5, 0.6) is 0 Å². The molecule has 1 aliphatic rings. The van der Waals surface area contributed by atoms with Gasteiger partial charge >= 0.3 is 5.97 Å². The second kappa shape index (κ2) is 5.98. The smallest absolute Gasteiger partial charge is 0.335 e. The highest BCUT2D eigenvalue weighted by atomic mass is 79.9. The Labute approximate surface area is 121 Å². The number of aromatic carboxylic acids is 1. The van der Waals surface area contributed by atoms with Crippen LogP contribution in [-0.4, -0.2) is 34.1 Å². The van der Waals surface area contributed by atoms with Crippen molar-refractivity contribution in [1.29, 1.82) is 0 Å². The summed E-state index contributed by atoms with van der Waals surface area (Å²) in [5, 5.41) is 19.5. The molecule has 1 aromatic carbocycles. The van der Waals surface area contributed by atoms with Crippen molar-refractivity contribution in [3.63, 3.8) is 0 Å². The summed E-state index contributed by atoms with van der Waals surface area (Å²) in [7, 11) is 0. The number of carbonyl (C=O) groups is 2. The lowest BCUT2D eigenvalue weighted by Crippen LogP contribution is -2.19. The summed E-state index contributed by atoms with van der Waals surface area (Å²) in [5.41, 5.74) is 0.763. The molecule has 0 saturated carbocycles. The van der Waals surface area contributed by atoms with Crippen LogP contribution in [0.1, 0.15) is 15.9 Å². The number of carboxylic acids is 1. The average molecular weight is 342 g/mol. The van der Waals surface area contributed by atoms with Crippen molar-refractivity contribution in [2.24, 2.45) is 10.2 Å². The molecule has 2 N–H and O–H groups in total. The minimum absolute atomic E-state index is 0.104. The van der Waals surface area contributed by atoms with Gasteiger partial charge in [-0.2, -0.15) is 5.10 Å². The van der Waals surface area contributed by atoms with Gasteiger partial charge in [-0.25, -0.2) is 4.79 Å². The van der Waals surface area contributed by atoms with Crippen LogP contribution in [0.4, 0.5) is 0 Å². The van der Waals surface area contributed by atoms with Crippen molar-refractivity contribution in [1.82, 2.24) is 5.32 Å². The van der Waals surface area contributed by atoms with Crippen LogP contribution in [0, 0.1) is 0 Å². The van der Waals surface area contributed by atoms with E-state index in [1.807, 2.05) is 0 Å². The Kier molecular flexibility index (Phi) is 4.33. The molecule has 98 valence electrons.